The van der Waals surface area contributed by atoms with E-state index in [0.29, 0.717) is 18.0 Å². The summed E-state index contributed by atoms with van der Waals surface area (Å²) in [6, 6.07) is 15.2. The highest BCUT2D eigenvalue weighted by Gasteiger charge is 2.19. The molecule has 0 atom stereocenters. The monoisotopic (exact) mass is 433 g/mol. The molecule has 0 radical (unpaired) electrons. The van der Waals surface area contributed by atoms with E-state index < -0.39 is 5.97 Å². The maximum Gasteiger partial charge on any atom is 0.358 e. The highest BCUT2D eigenvalue weighted by atomic mass is 16.5. The molecule has 32 heavy (non-hydrogen) atoms. The number of carbonyl (C=O) groups is 2. The molecule has 3 aromatic rings. The first-order valence-corrected chi connectivity index (χ1v) is 10.9. The van der Waals surface area contributed by atoms with Gasteiger partial charge in [0.1, 0.15) is 0 Å². The number of rotatable bonds is 7. The van der Waals surface area contributed by atoms with Crippen LogP contribution < -0.4 is 0 Å². The fourth-order valence-electron chi connectivity index (χ4n) is 3.59. The molecule has 0 spiro atoms. The van der Waals surface area contributed by atoms with Gasteiger partial charge in [-0.15, -0.1) is 0 Å². The van der Waals surface area contributed by atoms with Gasteiger partial charge in [0.05, 0.1) is 18.0 Å². The Bertz CT molecular complexity index is 1110. The number of aryl methyl sites for hydroxylation is 2. The highest BCUT2D eigenvalue weighted by molar-refractivity contribution is 5.94. The third-order valence-electron chi connectivity index (χ3n) is 5.34. The fourth-order valence-corrected chi connectivity index (χ4v) is 3.59. The molecule has 2 aromatic carbocycles. The van der Waals surface area contributed by atoms with Crippen LogP contribution in [0.1, 0.15) is 52.7 Å². The van der Waals surface area contributed by atoms with Gasteiger partial charge < -0.3 is 9.64 Å². The molecule has 168 valence electrons. The van der Waals surface area contributed by atoms with Crippen molar-refractivity contribution in [2.24, 2.45) is 5.92 Å². The molecular formula is C26H31N3O3. The molecule has 1 heterocycles. The van der Waals surface area contributed by atoms with Crippen molar-refractivity contribution in [3.05, 3.63) is 70.9 Å². The van der Waals surface area contributed by atoms with Crippen LogP contribution >= 0.6 is 0 Å². The first kappa shape index (κ1) is 23.3. The first-order chi connectivity index (χ1) is 15.2. The van der Waals surface area contributed by atoms with Crippen LogP contribution in [0.5, 0.6) is 0 Å². The molecule has 0 aliphatic carbocycles. The molecule has 0 saturated carbocycles. The van der Waals surface area contributed by atoms with E-state index in [9.17, 15) is 9.59 Å². The fraction of sp³-hybridized carbons (Fsp3) is 0.346. The van der Waals surface area contributed by atoms with Crippen LogP contribution in [-0.4, -0.2) is 46.8 Å². The van der Waals surface area contributed by atoms with Gasteiger partial charge in [-0.3, -0.25) is 4.79 Å². The molecule has 3 rings (SSSR count). The summed E-state index contributed by atoms with van der Waals surface area (Å²) >= 11 is 0. The van der Waals surface area contributed by atoms with Gasteiger partial charge in [0.2, 0.25) is 0 Å². The molecule has 1 amide bonds. The Balaban J connectivity index is 2.01. The zero-order valence-corrected chi connectivity index (χ0v) is 19.7. The number of hydrogen-bond donors (Lipinski definition) is 0. The molecule has 0 saturated heterocycles. The molecule has 1 aromatic heterocycles. The van der Waals surface area contributed by atoms with Gasteiger partial charge in [-0.05, 0) is 74.2 Å². The largest absolute Gasteiger partial charge is 0.461 e. The van der Waals surface area contributed by atoms with E-state index >= 15 is 0 Å². The summed E-state index contributed by atoms with van der Waals surface area (Å²) in [5.41, 5.74) is 5.71. The van der Waals surface area contributed by atoms with Crippen LogP contribution in [0.3, 0.4) is 0 Å². The average molecular weight is 434 g/mol. The van der Waals surface area contributed by atoms with E-state index in [1.165, 1.54) is 5.56 Å². The first-order valence-electron chi connectivity index (χ1n) is 10.9. The minimum Gasteiger partial charge on any atom is -0.461 e. The number of hydrogen-bond acceptors (Lipinski definition) is 4. The minimum atomic E-state index is -0.460. The number of benzene rings is 2. The van der Waals surface area contributed by atoms with E-state index in [1.54, 1.807) is 34.7 Å². The van der Waals surface area contributed by atoms with E-state index in [4.69, 9.17) is 4.74 Å². The Labute approximate surface area is 189 Å². The van der Waals surface area contributed by atoms with Gasteiger partial charge in [-0.25, -0.2) is 9.48 Å². The molecule has 6 nitrogen and oxygen atoms in total. The number of nitrogens with zero attached hydrogens (tertiary/aromatic N) is 3. The molecule has 0 unspecified atom stereocenters. The van der Waals surface area contributed by atoms with Crippen molar-refractivity contribution in [3.63, 3.8) is 0 Å². The summed E-state index contributed by atoms with van der Waals surface area (Å²) in [5.74, 6) is -0.0835. The van der Waals surface area contributed by atoms with Crippen molar-refractivity contribution in [1.82, 2.24) is 14.7 Å². The lowest BCUT2D eigenvalue weighted by Gasteiger charge is -2.19. The van der Waals surface area contributed by atoms with Gasteiger partial charge in [-0.1, -0.05) is 26.0 Å². The third kappa shape index (κ3) is 5.07. The lowest BCUT2D eigenvalue weighted by atomic mass is 10.0. The number of ether oxygens (including phenoxy) is 1. The molecule has 6 heteroatoms. The van der Waals surface area contributed by atoms with E-state index in [2.05, 4.69) is 44.9 Å². The number of esters is 1. The predicted octanol–water partition coefficient (Wildman–Crippen LogP) is 5.06. The van der Waals surface area contributed by atoms with Crippen LogP contribution in [0.15, 0.2) is 48.5 Å². The summed E-state index contributed by atoms with van der Waals surface area (Å²) in [7, 11) is 1.81. The van der Waals surface area contributed by atoms with Crippen LogP contribution in [0.25, 0.3) is 16.9 Å². The molecule has 0 N–H and O–H groups in total. The second-order valence-corrected chi connectivity index (χ2v) is 8.47. The Morgan fingerprint density at radius 3 is 2.31 bits per heavy atom. The van der Waals surface area contributed by atoms with Crippen LogP contribution in [-0.2, 0) is 4.74 Å². The van der Waals surface area contributed by atoms with E-state index in [0.717, 1.165) is 22.5 Å². The molecule has 0 fully saturated rings. The normalized spacial score (nSPS) is 11.0. The summed E-state index contributed by atoms with van der Waals surface area (Å²) < 4.78 is 6.88. The molecule has 0 aliphatic heterocycles. The highest BCUT2D eigenvalue weighted by Crippen LogP contribution is 2.27. The number of amides is 1. The van der Waals surface area contributed by atoms with Gasteiger partial charge in [0.15, 0.2) is 5.69 Å². The second kappa shape index (κ2) is 9.81. The van der Waals surface area contributed by atoms with Gasteiger partial charge in [0, 0.05) is 24.7 Å². The molecule has 0 aliphatic rings. The summed E-state index contributed by atoms with van der Waals surface area (Å²) in [6.07, 6.45) is 0. The van der Waals surface area contributed by atoms with Crippen LogP contribution in [0.4, 0.5) is 0 Å². The van der Waals surface area contributed by atoms with Crippen molar-refractivity contribution in [2.75, 3.05) is 20.2 Å². The predicted molar refractivity (Wildman–Crippen MR) is 126 cm³/mol. The summed E-state index contributed by atoms with van der Waals surface area (Å²) in [4.78, 5) is 26.8. The topological polar surface area (TPSA) is 64.4 Å². The lowest BCUT2D eigenvalue weighted by Crippen LogP contribution is -2.30. The standard InChI is InChI=1S/C26H31N3O3/c1-7-32-26(31)23-15-24(21-9-8-18(4)19(5)14-21)29(27-23)22-12-10-20(11-13-22)25(30)28(6)16-17(2)3/h8-15,17H,7,16H2,1-6H3. The maximum atomic E-state index is 12.7. The van der Waals surface area contributed by atoms with Crippen LogP contribution in [0.2, 0.25) is 0 Å². The van der Waals surface area contributed by atoms with Gasteiger partial charge in [-0.2, -0.15) is 5.10 Å². The quantitative estimate of drug-likeness (QED) is 0.489. The van der Waals surface area contributed by atoms with Crippen LogP contribution in [0, 0.1) is 19.8 Å². The molecular weight excluding hydrogens is 402 g/mol. The Hall–Kier alpha value is -3.41. The van der Waals surface area contributed by atoms with Crippen molar-refractivity contribution in [3.8, 4) is 16.9 Å². The summed E-state index contributed by atoms with van der Waals surface area (Å²) in [6.45, 7) is 11.0. The Kier molecular flexibility index (Phi) is 7.13. The van der Waals surface area contributed by atoms with Gasteiger partial charge in [0.25, 0.3) is 5.91 Å². The second-order valence-electron chi connectivity index (χ2n) is 8.47. The smallest absolute Gasteiger partial charge is 0.358 e. The van der Waals surface area contributed by atoms with Crippen molar-refractivity contribution >= 4 is 11.9 Å². The van der Waals surface area contributed by atoms with Gasteiger partial charge >= 0.3 is 5.97 Å². The number of carbonyl (C=O) groups excluding carboxylic acids is 2. The van der Waals surface area contributed by atoms with Crippen molar-refractivity contribution < 1.29 is 14.3 Å². The van der Waals surface area contributed by atoms with Crippen molar-refractivity contribution in [1.29, 1.82) is 0 Å². The zero-order chi connectivity index (χ0) is 23.4. The van der Waals surface area contributed by atoms with E-state index in [-0.39, 0.29) is 18.2 Å². The zero-order valence-electron chi connectivity index (χ0n) is 19.7. The molecule has 0 bridgehead atoms. The maximum absolute atomic E-state index is 12.7. The van der Waals surface area contributed by atoms with Crippen molar-refractivity contribution in [2.45, 2.75) is 34.6 Å². The Morgan fingerprint density at radius 1 is 1.03 bits per heavy atom. The Morgan fingerprint density at radius 2 is 1.72 bits per heavy atom. The number of aromatic nitrogens is 2. The third-order valence-corrected chi connectivity index (χ3v) is 5.34. The van der Waals surface area contributed by atoms with E-state index in [1.807, 2.05) is 25.2 Å². The lowest BCUT2D eigenvalue weighted by molar-refractivity contribution is 0.0518. The summed E-state index contributed by atoms with van der Waals surface area (Å²) in [5, 5.41) is 4.52. The SMILES string of the molecule is CCOC(=O)c1cc(-c2ccc(C)c(C)c2)n(-c2ccc(C(=O)N(C)CC(C)C)cc2)n1. The minimum absolute atomic E-state index is 0.0210. The average Bonchev–Trinajstić information content (AvgIpc) is 3.20.